The molecule has 0 bridgehead atoms. The van der Waals surface area contributed by atoms with Crippen LogP contribution in [-0.2, 0) is 0 Å². The number of hydrogen-bond donors (Lipinski definition) is 0. The van der Waals surface area contributed by atoms with E-state index in [1.165, 1.54) is 0 Å². The fourth-order valence-electron chi connectivity index (χ4n) is 4.80. The van der Waals surface area contributed by atoms with E-state index in [9.17, 15) is 0 Å². The summed E-state index contributed by atoms with van der Waals surface area (Å²) in [7, 11) is 0. The monoisotopic (exact) mass is 481 g/mol. The normalized spacial score (nSPS) is 14.3. The van der Waals surface area contributed by atoms with Crippen LogP contribution in [0.1, 0.15) is 36.5 Å². The first-order chi connectivity index (χ1) is 17.2. The number of aromatic nitrogens is 4. The number of ether oxygens (including phenoxy) is 1. The lowest BCUT2D eigenvalue weighted by Gasteiger charge is -2.29. The molecule has 0 saturated carbocycles. The van der Waals surface area contributed by atoms with Crippen molar-refractivity contribution in [3.8, 4) is 23.0 Å². The first-order valence-electron chi connectivity index (χ1n) is 11.8. The molecule has 7 heteroatoms. The number of fused-ring (bicyclic) bond motifs is 4. The summed E-state index contributed by atoms with van der Waals surface area (Å²) in [5, 5.41) is 5.41. The number of rotatable bonds is 5. The SMILES string of the molecule is CCN(CC)c1ccc2c(c1)Oc1ncn3nc(-c4ccccc4)nc3c1C2c1ccc(Cl)cc1. The molecule has 3 aromatic carbocycles. The minimum atomic E-state index is -0.124. The number of nitrogens with zero attached hydrogens (tertiary/aromatic N) is 5. The summed E-state index contributed by atoms with van der Waals surface area (Å²) in [5.74, 6) is 1.88. The minimum absolute atomic E-state index is 0.124. The highest BCUT2D eigenvalue weighted by Crippen LogP contribution is 2.49. The summed E-state index contributed by atoms with van der Waals surface area (Å²) in [6.07, 6.45) is 1.67. The summed E-state index contributed by atoms with van der Waals surface area (Å²) in [6.45, 7) is 6.16. The third kappa shape index (κ3) is 3.70. The van der Waals surface area contributed by atoms with Gasteiger partial charge < -0.3 is 9.64 Å². The molecule has 1 atom stereocenters. The number of benzene rings is 3. The van der Waals surface area contributed by atoms with E-state index >= 15 is 0 Å². The van der Waals surface area contributed by atoms with Crippen LogP contribution in [0, 0.1) is 0 Å². The lowest BCUT2D eigenvalue weighted by molar-refractivity contribution is 0.432. The highest BCUT2D eigenvalue weighted by molar-refractivity contribution is 6.30. The molecule has 0 spiro atoms. The Morgan fingerprint density at radius 1 is 0.971 bits per heavy atom. The van der Waals surface area contributed by atoms with Crippen molar-refractivity contribution in [2.24, 2.45) is 0 Å². The van der Waals surface area contributed by atoms with Crippen LogP contribution in [0.4, 0.5) is 5.69 Å². The summed E-state index contributed by atoms with van der Waals surface area (Å²) in [4.78, 5) is 11.9. The third-order valence-electron chi connectivity index (χ3n) is 6.55. The van der Waals surface area contributed by atoms with Crippen LogP contribution in [-0.4, -0.2) is 32.7 Å². The molecule has 2 aromatic heterocycles. The Bertz CT molecular complexity index is 1510. The highest BCUT2D eigenvalue weighted by atomic mass is 35.5. The van der Waals surface area contributed by atoms with E-state index < -0.39 is 0 Å². The van der Waals surface area contributed by atoms with Crippen molar-refractivity contribution in [3.05, 3.63) is 101 Å². The van der Waals surface area contributed by atoms with Gasteiger partial charge in [0, 0.05) is 46.9 Å². The lowest BCUT2D eigenvalue weighted by Crippen LogP contribution is -2.22. The molecule has 6 rings (SSSR count). The van der Waals surface area contributed by atoms with Crippen LogP contribution < -0.4 is 9.64 Å². The van der Waals surface area contributed by atoms with Gasteiger partial charge in [-0.15, -0.1) is 5.10 Å². The summed E-state index contributed by atoms with van der Waals surface area (Å²) < 4.78 is 8.15. The lowest BCUT2D eigenvalue weighted by atomic mass is 9.83. The van der Waals surface area contributed by atoms with Gasteiger partial charge in [-0.05, 0) is 37.6 Å². The molecule has 174 valence electrons. The van der Waals surface area contributed by atoms with Gasteiger partial charge in [0.1, 0.15) is 12.1 Å². The number of anilines is 1. The van der Waals surface area contributed by atoms with E-state index in [0.717, 1.165) is 52.4 Å². The largest absolute Gasteiger partial charge is 0.438 e. The maximum atomic E-state index is 6.41. The second-order valence-corrected chi connectivity index (χ2v) is 8.95. The van der Waals surface area contributed by atoms with Crippen molar-refractivity contribution in [1.82, 2.24) is 19.6 Å². The standard InChI is InChI=1S/C28H24ClN5O/c1-3-33(4-2)21-14-15-22-23(16-21)35-28-25(24(22)18-10-12-20(29)13-11-18)27-31-26(32-34(27)17-30-28)19-8-6-5-7-9-19/h5-17,24H,3-4H2,1-2H3. The Hall–Kier alpha value is -3.90. The van der Waals surface area contributed by atoms with Crippen molar-refractivity contribution in [2.45, 2.75) is 19.8 Å². The predicted molar refractivity (Wildman–Crippen MR) is 139 cm³/mol. The van der Waals surface area contributed by atoms with Gasteiger partial charge in [-0.2, -0.15) is 0 Å². The van der Waals surface area contributed by atoms with E-state index in [-0.39, 0.29) is 5.92 Å². The Morgan fingerprint density at radius 3 is 2.49 bits per heavy atom. The maximum absolute atomic E-state index is 6.41. The van der Waals surface area contributed by atoms with Crippen LogP contribution in [0.5, 0.6) is 11.6 Å². The molecule has 35 heavy (non-hydrogen) atoms. The molecule has 0 radical (unpaired) electrons. The van der Waals surface area contributed by atoms with Crippen molar-refractivity contribution in [2.75, 3.05) is 18.0 Å². The molecule has 0 aliphatic carbocycles. The van der Waals surface area contributed by atoms with E-state index in [4.69, 9.17) is 26.4 Å². The molecule has 1 aliphatic rings. The fraction of sp³-hybridized carbons (Fsp3) is 0.179. The van der Waals surface area contributed by atoms with Gasteiger partial charge in [-0.1, -0.05) is 60.1 Å². The Balaban J connectivity index is 1.57. The summed E-state index contributed by atoms with van der Waals surface area (Å²) in [5.41, 5.74) is 5.86. The predicted octanol–water partition coefficient (Wildman–Crippen LogP) is 6.58. The molecule has 3 heterocycles. The van der Waals surface area contributed by atoms with Gasteiger partial charge in [0.25, 0.3) is 0 Å². The zero-order valence-electron chi connectivity index (χ0n) is 19.5. The average Bonchev–Trinajstić information content (AvgIpc) is 3.34. The Morgan fingerprint density at radius 2 is 1.74 bits per heavy atom. The molecule has 0 fully saturated rings. The molecular weight excluding hydrogens is 458 g/mol. The van der Waals surface area contributed by atoms with E-state index in [1.54, 1.807) is 10.8 Å². The van der Waals surface area contributed by atoms with Crippen LogP contribution in [0.2, 0.25) is 5.02 Å². The van der Waals surface area contributed by atoms with Crippen molar-refractivity contribution in [3.63, 3.8) is 0 Å². The molecule has 5 aromatic rings. The fourth-order valence-corrected chi connectivity index (χ4v) is 4.93. The molecular formula is C28H24ClN5O. The average molecular weight is 482 g/mol. The van der Waals surface area contributed by atoms with Crippen LogP contribution in [0.15, 0.2) is 79.1 Å². The molecule has 0 saturated heterocycles. The Kier molecular flexibility index (Phi) is 5.38. The zero-order chi connectivity index (χ0) is 23.9. The second kappa shape index (κ2) is 8.71. The number of hydrogen-bond acceptors (Lipinski definition) is 5. The van der Waals surface area contributed by atoms with Gasteiger partial charge in [0.15, 0.2) is 11.5 Å². The first-order valence-corrected chi connectivity index (χ1v) is 12.2. The van der Waals surface area contributed by atoms with E-state index in [2.05, 4.69) is 54.1 Å². The van der Waals surface area contributed by atoms with Crippen molar-refractivity contribution < 1.29 is 4.74 Å². The zero-order valence-corrected chi connectivity index (χ0v) is 20.3. The quantitative estimate of drug-likeness (QED) is 0.278. The minimum Gasteiger partial charge on any atom is -0.438 e. The highest BCUT2D eigenvalue weighted by Gasteiger charge is 2.33. The second-order valence-electron chi connectivity index (χ2n) is 8.51. The van der Waals surface area contributed by atoms with Gasteiger partial charge in [0.05, 0.1) is 5.56 Å². The summed E-state index contributed by atoms with van der Waals surface area (Å²) in [6, 6.07) is 24.3. The molecule has 0 amide bonds. The summed E-state index contributed by atoms with van der Waals surface area (Å²) >= 11 is 6.24. The third-order valence-corrected chi connectivity index (χ3v) is 6.81. The molecule has 1 aliphatic heterocycles. The van der Waals surface area contributed by atoms with Crippen molar-refractivity contribution in [1.29, 1.82) is 0 Å². The molecule has 1 unspecified atom stereocenters. The van der Waals surface area contributed by atoms with Crippen molar-refractivity contribution >= 4 is 22.9 Å². The van der Waals surface area contributed by atoms with Gasteiger partial charge in [0.2, 0.25) is 5.88 Å². The van der Waals surface area contributed by atoms with Gasteiger partial charge >= 0.3 is 0 Å². The van der Waals surface area contributed by atoms with Gasteiger partial charge in [-0.3, -0.25) is 0 Å². The maximum Gasteiger partial charge on any atom is 0.228 e. The van der Waals surface area contributed by atoms with Crippen LogP contribution in [0.25, 0.3) is 17.0 Å². The van der Waals surface area contributed by atoms with E-state index in [1.807, 2.05) is 42.5 Å². The number of halogens is 1. The van der Waals surface area contributed by atoms with E-state index in [0.29, 0.717) is 16.7 Å². The molecule has 0 N–H and O–H groups in total. The smallest absolute Gasteiger partial charge is 0.228 e. The molecule has 6 nitrogen and oxygen atoms in total. The first kappa shape index (κ1) is 21.6. The van der Waals surface area contributed by atoms with Crippen LogP contribution >= 0.6 is 11.6 Å². The van der Waals surface area contributed by atoms with Crippen LogP contribution in [0.3, 0.4) is 0 Å². The Labute approximate surface area is 208 Å². The van der Waals surface area contributed by atoms with Gasteiger partial charge in [-0.25, -0.2) is 14.5 Å². The topological polar surface area (TPSA) is 55.5 Å².